The van der Waals surface area contributed by atoms with Gasteiger partial charge in [-0.3, -0.25) is 0 Å². The lowest BCUT2D eigenvalue weighted by Gasteiger charge is -2.17. The number of nitrogens with zero attached hydrogens (tertiary/aromatic N) is 1. The van der Waals surface area contributed by atoms with Crippen molar-refractivity contribution in [1.29, 1.82) is 0 Å². The molecular formula is C16H21FN2S. The molecule has 0 radical (unpaired) electrons. The van der Waals surface area contributed by atoms with Crippen molar-refractivity contribution in [1.82, 2.24) is 10.2 Å². The maximum absolute atomic E-state index is 14.2. The predicted molar refractivity (Wildman–Crippen MR) is 83.6 cm³/mol. The van der Waals surface area contributed by atoms with E-state index < -0.39 is 0 Å². The second kappa shape index (κ2) is 5.80. The van der Waals surface area contributed by atoms with Gasteiger partial charge in [0.2, 0.25) is 0 Å². The van der Waals surface area contributed by atoms with Crippen molar-refractivity contribution in [2.45, 2.75) is 25.9 Å². The van der Waals surface area contributed by atoms with E-state index in [9.17, 15) is 4.39 Å². The summed E-state index contributed by atoms with van der Waals surface area (Å²) in [6, 6.07) is 5.39. The lowest BCUT2D eigenvalue weighted by Crippen LogP contribution is -2.21. The molecule has 0 aliphatic heterocycles. The van der Waals surface area contributed by atoms with Crippen LogP contribution < -0.4 is 5.32 Å². The highest BCUT2D eigenvalue weighted by molar-refractivity contribution is 7.19. The monoisotopic (exact) mass is 292 g/mol. The Balaban J connectivity index is 1.94. The average Bonchev–Trinajstić information content (AvgIpc) is 3.14. The summed E-state index contributed by atoms with van der Waals surface area (Å²) in [5.74, 6) is 0.776. The second-order valence-corrected chi connectivity index (χ2v) is 6.92. The van der Waals surface area contributed by atoms with Crippen LogP contribution in [0.3, 0.4) is 0 Å². The van der Waals surface area contributed by atoms with Gasteiger partial charge in [0.05, 0.1) is 0 Å². The molecule has 1 saturated carbocycles. The van der Waals surface area contributed by atoms with Gasteiger partial charge in [-0.25, -0.2) is 4.39 Å². The summed E-state index contributed by atoms with van der Waals surface area (Å²) in [5.41, 5.74) is 1.17. The highest BCUT2D eigenvalue weighted by atomic mass is 32.1. The molecule has 0 unspecified atom stereocenters. The van der Waals surface area contributed by atoms with E-state index in [-0.39, 0.29) is 5.82 Å². The Hall–Kier alpha value is -0.970. The lowest BCUT2D eigenvalue weighted by molar-refractivity contribution is 0.313. The number of fused-ring (bicyclic) bond motifs is 1. The first-order valence-electron chi connectivity index (χ1n) is 7.21. The van der Waals surface area contributed by atoms with Gasteiger partial charge in [-0.05, 0) is 50.6 Å². The zero-order valence-corrected chi connectivity index (χ0v) is 12.9. The van der Waals surface area contributed by atoms with Crippen molar-refractivity contribution in [3.8, 4) is 0 Å². The van der Waals surface area contributed by atoms with Crippen LogP contribution >= 0.6 is 11.3 Å². The smallest absolute Gasteiger partial charge is 0.132 e. The molecule has 0 bridgehead atoms. The average molecular weight is 292 g/mol. The van der Waals surface area contributed by atoms with E-state index in [4.69, 9.17) is 0 Å². The number of rotatable bonds is 6. The third-order valence-electron chi connectivity index (χ3n) is 3.88. The Labute approximate surface area is 123 Å². The van der Waals surface area contributed by atoms with E-state index in [0.29, 0.717) is 0 Å². The van der Waals surface area contributed by atoms with E-state index in [1.165, 1.54) is 23.3 Å². The fourth-order valence-corrected chi connectivity index (χ4v) is 4.00. The third-order valence-corrected chi connectivity index (χ3v) is 5.08. The van der Waals surface area contributed by atoms with Gasteiger partial charge in [0.25, 0.3) is 0 Å². The fraction of sp³-hybridized carbons (Fsp3) is 0.500. The summed E-state index contributed by atoms with van der Waals surface area (Å²) in [6.45, 7) is 2.78. The number of benzene rings is 1. The van der Waals surface area contributed by atoms with Crippen molar-refractivity contribution in [2.75, 3.05) is 20.6 Å². The van der Waals surface area contributed by atoms with E-state index in [1.54, 1.807) is 23.5 Å². The van der Waals surface area contributed by atoms with Crippen LogP contribution in [0, 0.1) is 11.7 Å². The first-order valence-corrected chi connectivity index (χ1v) is 8.02. The van der Waals surface area contributed by atoms with Crippen LogP contribution in [0.25, 0.3) is 10.1 Å². The number of thiophene rings is 1. The molecule has 108 valence electrons. The molecule has 0 amide bonds. The van der Waals surface area contributed by atoms with Gasteiger partial charge < -0.3 is 10.2 Å². The molecule has 0 atom stereocenters. The van der Waals surface area contributed by atoms with Gasteiger partial charge in [-0.1, -0.05) is 6.07 Å². The molecular weight excluding hydrogens is 271 g/mol. The molecule has 1 aromatic heterocycles. The van der Waals surface area contributed by atoms with E-state index >= 15 is 0 Å². The van der Waals surface area contributed by atoms with Crippen LogP contribution in [0.1, 0.15) is 23.3 Å². The standard InChI is InChI=1S/C16H21FN2S/c1-18-8-15-12(10-19(2)9-11-6-7-11)16-13(17)4-3-5-14(16)20-15/h3-5,11,18H,6-10H2,1-2H3. The zero-order valence-electron chi connectivity index (χ0n) is 12.1. The summed E-state index contributed by atoms with van der Waals surface area (Å²) < 4.78 is 15.3. The molecule has 0 saturated heterocycles. The van der Waals surface area contributed by atoms with Crippen molar-refractivity contribution in [2.24, 2.45) is 5.92 Å². The molecule has 2 aromatic rings. The fourth-order valence-electron chi connectivity index (χ4n) is 2.76. The van der Waals surface area contributed by atoms with Gasteiger partial charge in [0, 0.05) is 34.6 Å². The van der Waals surface area contributed by atoms with Crippen LogP contribution in [0.4, 0.5) is 4.39 Å². The van der Waals surface area contributed by atoms with E-state index in [1.807, 2.05) is 13.1 Å². The minimum atomic E-state index is -0.0871. The van der Waals surface area contributed by atoms with Crippen LogP contribution in [0.2, 0.25) is 0 Å². The quantitative estimate of drug-likeness (QED) is 0.875. The van der Waals surface area contributed by atoms with Gasteiger partial charge in [0.15, 0.2) is 0 Å². The Bertz CT molecular complexity index is 604. The van der Waals surface area contributed by atoms with Gasteiger partial charge >= 0.3 is 0 Å². The van der Waals surface area contributed by atoms with E-state index in [2.05, 4.69) is 17.3 Å². The molecule has 1 N–H and O–H groups in total. The Kier molecular flexibility index (Phi) is 4.06. The minimum Gasteiger partial charge on any atom is -0.315 e. The molecule has 4 heteroatoms. The molecule has 2 nitrogen and oxygen atoms in total. The maximum Gasteiger partial charge on any atom is 0.132 e. The van der Waals surface area contributed by atoms with E-state index in [0.717, 1.165) is 35.6 Å². The van der Waals surface area contributed by atoms with Crippen LogP contribution in [-0.4, -0.2) is 25.5 Å². The van der Waals surface area contributed by atoms with Crippen LogP contribution in [-0.2, 0) is 13.1 Å². The van der Waals surface area contributed by atoms with Crippen molar-refractivity contribution >= 4 is 21.4 Å². The summed E-state index contributed by atoms with van der Waals surface area (Å²) in [7, 11) is 4.09. The second-order valence-electron chi connectivity index (χ2n) is 5.79. The maximum atomic E-state index is 14.2. The van der Waals surface area contributed by atoms with Gasteiger partial charge in [0.1, 0.15) is 5.82 Å². The normalized spacial score (nSPS) is 15.4. The largest absolute Gasteiger partial charge is 0.315 e. The predicted octanol–water partition coefficient (Wildman–Crippen LogP) is 3.60. The van der Waals surface area contributed by atoms with Gasteiger partial charge in [-0.2, -0.15) is 0 Å². The van der Waals surface area contributed by atoms with Crippen LogP contribution in [0.15, 0.2) is 18.2 Å². The summed E-state index contributed by atoms with van der Waals surface area (Å²) >= 11 is 1.71. The molecule has 20 heavy (non-hydrogen) atoms. The highest BCUT2D eigenvalue weighted by Crippen LogP contribution is 2.35. The number of hydrogen-bond donors (Lipinski definition) is 1. The Morgan fingerprint density at radius 1 is 1.40 bits per heavy atom. The topological polar surface area (TPSA) is 15.3 Å². The molecule has 1 aromatic carbocycles. The van der Waals surface area contributed by atoms with Crippen molar-refractivity contribution < 1.29 is 4.39 Å². The first-order chi connectivity index (χ1) is 9.69. The molecule has 1 fully saturated rings. The number of halogens is 1. The summed E-state index contributed by atoms with van der Waals surface area (Å²) in [6.07, 6.45) is 2.71. The molecule has 3 rings (SSSR count). The minimum absolute atomic E-state index is 0.0871. The molecule has 1 heterocycles. The molecule has 0 spiro atoms. The van der Waals surface area contributed by atoms with Crippen molar-refractivity contribution in [3.63, 3.8) is 0 Å². The lowest BCUT2D eigenvalue weighted by atomic mass is 10.1. The van der Waals surface area contributed by atoms with Crippen LogP contribution in [0.5, 0.6) is 0 Å². The van der Waals surface area contributed by atoms with Crippen molar-refractivity contribution in [3.05, 3.63) is 34.5 Å². The third kappa shape index (κ3) is 2.87. The zero-order chi connectivity index (χ0) is 14.1. The first kappa shape index (κ1) is 14.0. The summed E-state index contributed by atoms with van der Waals surface area (Å²) in [4.78, 5) is 3.60. The number of hydrogen-bond acceptors (Lipinski definition) is 3. The summed E-state index contributed by atoms with van der Waals surface area (Å²) in [5, 5.41) is 4.03. The number of nitrogens with one attached hydrogen (secondary N) is 1. The molecule has 1 aliphatic carbocycles. The van der Waals surface area contributed by atoms with Gasteiger partial charge in [-0.15, -0.1) is 11.3 Å². The Morgan fingerprint density at radius 3 is 2.90 bits per heavy atom. The molecule has 1 aliphatic rings. The Morgan fingerprint density at radius 2 is 2.20 bits per heavy atom. The highest BCUT2D eigenvalue weighted by Gasteiger charge is 2.24. The SMILES string of the molecule is CNCc1sc2cccc(F)c2c1CN(C)CC1CC1.